The van der Waals surface area contributed by atoms with Gasteiger partial charge in [-0.3, -0.25) is 4.79 Å². The summed E-state index contributed by atoms with van der Waals surface area (Å²) in [6, 6.07) is 9.21. The number of hydrogen-bond acceptors (Lipinski definition) is 4. The highest BCUT2D eigenvalue weighted by atomic mass is 19.4. The molecule has 154 valence electrons. The van der Waals surface area contributed by atoms with E-state index in [0.29, 0.717) is 11.3 Å². The van der Waals surface area contributed by atoms with E-state index in [0.717, 1.165) is 31.4 Å². The van der Waals surface area contributed by atoms with Gasteiger partial charge in [0.2, 0.25) is 5.91 Å². The zero-order chi connectivity index (χ0) is 21.0. The van der Waals surface area contributed by atoms with Crippen molar-refractivity contribution >= 4 is 17.6 Å². The Kier molecular flexibility index (Phi) is 6.10. The zero-order valence-electron chi connectivity index (χ0n) is 15.7. The van der Waals surface area contributed by atoms with Crippen LogP contribution in [0, 0.1) is 5.92 Å². The van der Waals surface area contributed by atoms with Crippen LogP contribution in [0.5, 0.6) is 5.75 Å². The monoisotopic (exact) mass is 407 g/mol. The first-order valence-electron chi connectivity index (χ1n) is 9.10. The molecule has 1 aliphatic rings. The Labute approximate surface area is 165 Å². The van der Waals surface area contributed by atoms with Crippen molar-refractivity contribution in [3.05, 3.63) is 59.2 Å². The van der Waals surface area contributed by atoms with E-state index in [1.807, 2.05) is 0 Å². The van der Waals surface area contributed by atoms with E-state index in [1.165, 1.54) is 25.3 Å². The van der Waals surface area contributed by atoms with Crippen LogP contribution in [0.15, 0.2) is 42.5 Å². The van der Waals surface area contributed by atoms with E-state index in [9.17, 15) is 22.8 Å². The average molecular weight is 407 g/mol. The molecule has 1 fully saturated rings. The second-order valence-corrected chi connectivity index (χ2v) is 6.77. The minimum atomic E-state index is -4.42. The van der Waals surface area contributed by atoms with E-state index in [-0.39, 0.29) is 29.7 Å². The fourth-order valence-electron chi connectivity index (χ4n) is 2.91. The predicted molar refractivity (Wildman–Crippen MR) is 99.5 cm³/mol. The molecule has 0 aromatic heterocycles. The summed E-state index contributed by atoms with van der Waals surface area (Å²) < 4.78 is 48.6. The number of anilines is 1. The van der Waals surface area contributed by atoms with Crippen LogP contribution in [0.4, 0.5) is 18.9 Å². The molecule has 0 unspecified atom stereocenters. The lowest BCUT2D eigenvalue weighted by Gasteiger charge is -2.25. The number of benzene rings is 2. The Balaban J connectivity index is 1.81. The summed E-state index contributed by atoms with van der Waals surface area (Å²) in [7, 11) is 1.22. The van der Waals surface area contributed by atoms with Gasteiger partial charge in [0.25, 0.3) is 0 Å². The van der Waals surface area contributed by atoms with Crippen LogP contribution in [0.1, 0.15) is 40.7 Å². The van der Waals surface area contributed by atoms with Gasteiger partial charge in [-0.2, -0.15) is 13.2 Å². The number of esters is 1. The average Bonchev–Trinajstić information content (AvgIpc) is 2.64. The molecular weight excluding hydrogens is 387 g/mol. The Morgan fingerprint density at radius 1 is 1.10 bits per heavy atom. The van der Waals surface area contributed by atoms with E-state index < -0.39 is 17.7 Å². The summed E-state index contributed by atoms with van der Waals surface area (Å²) in [5, 5.41) is 2.78. The fourth-order valence-corrected chi connectivity index (χ4v) is 2.91. The molecule has 0 heterocycles. The lowest BCUT2D eigenvalue weighted by molar-refractivity contribution is -0.137. The topological polar surface area (TPSA) is 64.6 Å². The van der Waals surface area contributed by atoms with Gasteiger partial charge in [-0.1, -0.05) is 24.6 Å². The number of amides is 1. The lowest BCUT2D eigenvalue weighted by atomic mass is 9.85. The van der Waals surface area contributed by atoms with Gasteiger partial charge in [0.1, 0.15) is 12.2 Å². The van der Waals surface area contributed by atoms with Crippen molar-refractivity contribution in [2.24, 2.45) is 5.92 Å². The summed E-state index contributed by atoms with van der Waals surface area (Å²) >= 11 is 0. The van der Waals surface area contributed by atoms with Crippen molar-refractivity contribution in [1.82, 2.24) is 0 Å². The quantitative estimate of drug-likeness (QED) is 0.698. The smallest absolute Gasteiger partial charge is 0.416 e. The summed E-state index contributed by atoms with van der Waals surface area (Å²) in [5.41, 5.74) is 0.154. The number of methoxy groups -OCH3 is 1. The van der Waals surface area contributed by atoms with Gasteiger partial charge in [0.05, 0.1) is 18.4 Å². The maximum absolute atomic E-state index is 12.7. The number of carbonyl (C=O) groups is 2. The zero-order valence-corrected chi connectivity index (χ0v) is 15.7. The third-order valence-corrected chi connectivity index (χ3v) is 4.82. The standard InChI is InChI=1S/C21H20F3NO4/c1-28-20(27)16-6-3-7-17(25-19(26)14-4-2-5-14)18(16)29-12-13-8-10-15(11-9-13)21(22,23)24/h3,6-11,14H,2,4-5,12H2,1H3,(H,25,26). The number of rotatable bonds is 6. The Morgan fingerprint density at radius 3 is 2.34 bits per heavy atom. The van der Waals surface area contributed by atoms with E-state index >= 15 is 0 Å². The first-order valence-corrected chi connectivity index (χ1v) is 9.10. The number of hydrogen-bond donors (Lipinski definition) is 1. The minimum Gasteiger partial charge on any atom is -0.486 e. The molecule has 0 spiro atoms. The normalized spacial score (nSPS) is 14.1. The van der Waals surface area contributed by atoms with Crippen LogP contribution in [-0.2, 0) is 22.3 Å². The molecule has 1 N–H and O–H groups in total. The van der Waals surface area contributed by atoms with Crippen LogP contribution in [0.25, 0.3) is 0 Å². The van der Waals surface area contributed by atoms with Gasteiger partial charge in [-0.25, -0.2) is 4.79 Å². The molecule has 2 aromatic carbocycles. The van der Waals surface area contributed by atoms with Gasteiger partial charge < -0.3 is 14.8 Å². The van der Waals surface area contributed by atoms with Crippen LogP contribution >= 0.6 is 0 Å². The van der Waals surface area contributed by atoms with Crippen LogP contribution in [-0.4, -0.2) is 19.0 Å². The van der Waals surface area contributed by atoms with Gasteiger partial charge in [0, 0.05) is 5.92 Å². The highest BCUT2D eigenvalue weighted by Gasteiger charge is 2.30. The summed E-state index contributed by atoms with van der Waals surface area (Å²) in [5.74, 6) is -0.753. The molecule has 5 nitrogen and oxygen atoms in total. The molecule has 0 bridgehead atoms. The van der Waals surface area contributed by atoms with Crippen LogP contribution in [0.3, 0.4) is 0 Å². The third kappa shape index (κ3) is 4.88. The summed E-state index contributed by atoms with van der Waals surface area (Å²) in [6.45, 7) is -0.0849. The van der Waals surface area contributed by atoms with Crippen LogP contribution < -0.4 is 10.1 Å². The first-order chi connectivity index (χ1) is 13.8. The molecule has 2 aromatic rings. The van der Waals surface area contributed by atoms with Crippen molar-refractivity contribution in [1.29, 1.82) is 0 Å². The Hall–Kier alpha value is -3.03. The molecular formula is C21H20F3NO4. The second kappa shape index (κ2) is 8.55. The number of para-hydroxylation sites is 1. The third-order valence-electron chi connectivity index (χ3n) is 4.82. The van der Waals surface area contributed by atoms with Gasteiger partial charge in [-0.05, 0) is 42.7 Å². The van der Waals surface area contributed by atoms with Crippen LogP contribution in [0.2, 0.25) is 0 Å². The van der Waals surface area contributed by atoms with Gasteiger partial charge in [-0.15, -0.1) is 0 Å². The van der Waals surface area contributed by atoms with Crippen molar-refractivity contribution < 1.29 is 32.2 Å². The van der Waals surface area contributed by atoms with Gasteiger partial charge >= 0.3 is 12.1 Å². The molecule has 1 amide bonds. The molecule has 3 rings (SSSR count). The predicted octanol–water partition coefficient (Wildman–Crippen LogP) is 4.81. The number of alkyl halides is 3. The Bertz CT molecular complexity index is 890. The van der Waals surface area contributed by atoms with E-state index in [2.05, 4.69) is 5.32 Å². The molecule has 0 aliphatic heterocycles. The highest BCUT2D eigenvalue weighted by Crippen LogP contribution is 2.34. The lowest BCUT2D eigenvalue weighted by Crippen LogP contribution is -2.28. The summed E-state index contributed by atoms with van der Waals surface area (Å²) in [4.78, 5) is 24.4. The number of halogens is 3. The largest absolute Gasteiger partial charge is 0.486 e. The number of nitrogens with one attached hydrogen (secondary N) is 1. The second-order valence-electron chi connectivity index (χ2n) is 6.77. The van der Waals surface area contributed by atoms with Crippen molar-refractivity contribution in [3.63, 3.8) is 0 Å². The first kappa shape index (κ1) is 20.7. The molecule has 1 saturated carbocycles. The van der Waals surface area contributed by atoms with Crippen molar-refractivity contribution in [3.8, 4) is 5.75 Å². The SMILES string of the molecule is COC(=O)c1cccc(NC(=O)C2CCC2)c1OCc1ccc(C(F)(F)F)cc1. The maximum Gasteiger partial charge on any atom is 0.416 e. The molecule has 0 radical (unpaired) electrons. The van der Waals surface area contributed by atoms with Crippen molar-refractivity contribution in [2.45, 2.75) is 32.0 Å². The van der Waals surface area contributed by atoms with Crippen molar-refractivity contribution in [2.75, 3.05) is 12.4 Å². The fraction of sp³-hybridized carbons (Fsp3) is 0.333. The maximum atomic E-state index is 12.7. The van der Waals surface area contributed by atoms with E-state index in [4.69, 9.17) is 9.47 Å². The molecule has 8 heteroatoms. The number of carbonyl (C=O) groups excluding carboxylic acids is 2. The molecule has 0 saturated heterocycles. The molecule has 0 atom stereocenters. The number of ether oxygens (including phenoxy) is 2. The van der Waals surface area contributed by atoms with Gasteiger partial charge in [0.15, 0.2) is 5.75 Å². The summed E-state index contributed by atoms with van der Waals surface area (Å²) in [6.07, 6.45) is -1.80. The Morgan fingerprint density at radius 2 is 1.79 bits per heavy atom. The minimum absolute atomic E-state index is 0.0699. The molecule has 29 heavy (non-hydrogen) atoms. The molecule has 1 aliphatic carbocycles. The van der Waals surface area contributed by atoms with E-state index in [1.54, 1.807) is 12.1 Å². The highest BCUT2D eigenvalue weighted by molar-refractivity contribution is 5.99.